The Bertz CT molecular complexity index is 614. The number of rotatable bonds is 2. The molecular weight excluding hydrogens is 310 g/mol. The largest absolute Gasteiger partial charge is 0.300 e. The van der Waals surface area contributed by atoms with E-state index < -0.39 is 0 Å². The lowest BCUT2D eigenvalue weighted by molar-refractivity contribution is 0.277. The van der Waals surface area contributed by atoms with E-state index in [9.17, 15) is 0 Å². The third-order valence-corrected chi connectivity index (χ3v) is 6.07. The van der Waals surface area contributed by atoms with Gasteiger partial charge in [0.15, 0.2) is 0 Å². The van der Waals surface area contributed by atoms with E-state index in [4.69, 9.17) is 0 Å². The summed E-state index contributed by atoms with van der Waals surface area (Å²) in [5.74, 6) is 1.69. The number of hydrogen-bond acceptors (Lipinski definition) is 2. The molecule has 1 heterocycles. The highest BCUT2D eigenvalue weighted by Crippen LogP contribution is 2.39. The van der Waals surface area contributed by atoms with Crippen LogP contribution in [0.5, 0.6) is 0 Å². The van der Waals surface area contributed by atoms with Gasteiger partial charge in [0.25, 0.3) is 0 Å². The maximum atomic E-state index is 3.94. The molecule has 0 radical (unpaired) electrons. The van der Waals surface area contributed by atoms with Gasteiger partial charge in [0, 0.05) is 16.2 Å². The number of thioether (sulfide) groups is 1. The summed E-state index contributed by atoms with van der Waals surface area (Å²) < 4.78 is 0. The molecule has 1 aliphatic heterocycles. The Hall–Kier alpha value is -0.960. The van der Waals surface area contributed by atoms with Gasteiger partial charge >= 0.3 is 0 Å². The van der Waals surface area contributed by atoms with Gasteiger partial charge in [-0.25, -0.2) is 0 Å². The second kappa shape index (κ2) is 7.08. The van der Waals surface area contributed by atoms with E-state index in [2.05, 4.69) is 80.7 Å². The summed E-state index contributed by atoms with van der Waals surface area (Å²) in [4.78, 5) is 1.41. The fourth-order valence-electron chi connectivity index (χ4n) is 2.77. The minimum absolute atomic E-state index is 0. The van der Waals surface area contributed by atoms with Gasteiger partial charge in [0.1, 0.15) is 0 Å². The third kappa shape index (κ3) is 3.34. The van der Waals surface area contributed by atoms with Crippen molar-refractivity contribution in [3.05, 3.63) is 65.7 Å². The van der Waals surface area contributed by atoms with Crippen molar-refractivity contribution in [2.45, 2.75) is 37.2 Å². The molecule has 1 nitrogen and oxygen atoms in total. The van der Waals surface area contributed by atoms with Gasteiger partial charge in [-0.05, 0) is 30.0 Å². The topological polar surface area (TPSA) is 12.0 Å². The molecule has 2 atom stereocenters. The Labute approximate surface area is 144 Å². The summed E-state index contributed by atoms with van der Waals surface area (Å²) in [6, 6.07) is 19.9. The number of hydrogen-bond donors (Lipinski definition) is 1. The van der Waals surface area contributed by atoms with Crippen molar-refractivity contribution in [2.75, 3.05) is 5.75 Å². The molecule has 1 N–H and O–H groups in total. The van der Waals surface area contributed by atoms with Crippen molar-refractivity contribution in [3.8, 4) is 0 Å². The molecular formula is C19H24ClNS. The van der Waals surface area contributed by atoms with Crippen LogP contribution in [0.4, 0.5) is 0 Å². The van der Waals surface area contributed by atoms with E-state index in [1.54, 1.807) is 0 Å². The van der Waals surface area contributed by atoms with Gasteiger partial charge in [-0.3, -0.25) is 5.32 Å². The van der Waals surface area contributed by atoms with Crippen molar-refractivity contribution in [3.63, 3.8) is 0 Å². The molecule has 3 heteroatoms. The first-order chi connectivity index (χ1) is 10.1. The van der Waals surface area contributed by atoms with Gasteiger partial charge in [0.05, 0.1) is 6.04 Å². The fourth-order valence-corrected chi connectivity index (χ4v) is 4.17. The van der Waals surface area contributed by atoms with Crippen LogP contribution in [0.15, 0.2) is 59.5 Å². The second-order valence-electron chi connectivity index (χ2n) is 6.39. The van der Waals surface area contributed by atoms with Crippen LogP contribution >= 0.6 is 24.2 Å². The smallest absolute Gasteiger partial charge is 0.0592 e. The molecule has 1 aliphatic rings. The van der Waals surface area contributed by atoms with E-state index in [1.807, 2.05) is 11.8 Å². The highest BCUT2D eigenvalue weighted by molar-refractivity contribution is 7.99. The normalized spacial score (nSPS) is 24.3. The van der Waals surface area contributed by atoms with Gasteiger partial charge in [-0.1, -0.05) is 62.4 Å². The Morgan fingerprint density at radius 2 is 1.68 bits per heavy atom. The molecule has 3 rings (SSSR count). The number of fused-ring (bicyclic) bond motifs is 1. The summed E-state index contributed by atoms with van der Waals surface area (Å²) in [5, 5.41) is 3.94. The van der Waals surface area contributed by atoms with Crippen LogP contribution in [0.1, 0.15) is 37.9 Å². The molecule has 22 heavy (non-hydrogen) atoms. The molecule has 0 saturated carbocycles. The zero-order chi connectivity index (χ0) is 14.9. The molecule has 2 aromatic carbocycles. The summed E-state index contributed by atoms with van der Waals surface area (Å²) in [6.07, 6.45) is 0. The van der Waals surface area contributed by atoms with Crippen LogP contribution in [-0.2, 0) is 0 Å². The molecule has 0 bridgehead atoms. The number of benzene rings is 2. The SMILES string of the molecule is CC(C)[C@@]1(C)CSc2ccccc2[C@@H](c2ccccc2)N1.Cl. The van der Waals surface area contributed by atoms with E-state index in [-0.39, 0.29) is 24.0 Å². The van der Waals surface area contributed by atoms with E-state index >= 15 is 0 Å². The lowest BCUT2D eigenvalue weighted by Gasteiger charge is -2.36. The molecule has 0 unspecified atom stereocenters. The molecule has 0 aliphatic carbocycles. The lowest BCUT2D eigenvalue weighted by atomic mass is 9.87. The van der Waals surface area contributed by atoms with Crippen LogP contribution < -0.4 is 5.32 Å². The monoisotopic (exact) mass is 333 g/mol. The van der Waals surface area contributed by atoms with E-state index in [0.29, 0.717) is 5.92 Å². The Kier molecular flexibility index (Phi) is 5.60. The predicted octanol–water partition coefficient (Wildman–Crippen LogP) is 5.31. The van der Waals surface area contributed by atoms with Crippen molar-refractivity contribution in [2.24, 2.45) is 5.92 Å². The predicted molar refractivity (Wildman–Crippen MR) is 99.1 cm³/mol. The Morgan fingerprint density at radius 1 is 1.05 bits per heavy atom. The second-order valence-corrected chi connectivity index (χ2v) is 7.40. The van der Waals surface area contributed by atoms with Crippen LogP contribution in [0.2, 0.25) is 0 Å². The van der Waals surface area contributed by atoms with Crippen LogP contribution in [0.3, 0.4) is 0 Å². The van der Waals surface area contributed by atoms with Crippen LogP contribution in [-0.4, -0.2) is 11.3 Å². The summed E-state index contributed by atoms with van der Waals surface area (Å²) in [5.41, 5.74) is 2.88. The van der Waals surface area contributed by atoms with Crippen LogP contribution in [0.25, 0.3) is 0 Å². The van der Waals surface area contributed by atoms with Crippen molar-refractivity contribution in [1.82, 2.24) is 5.32 Å². The molecule has 0 fully saturated rings. The van der Waals surface area contributed by atoms with E-state index in [0.717, 1.165) is 5.75 Å². The highest BCUT2D eigenvalue weighted by atomic mass is 35.5. The minimum atomic E-state index is 0. The van der Waals surface area contributed by atoms with Gasteiger partial charge in [0.2, 0.25) is 0 Å². The van der Waals surface area contributed by atoms with Gasteiger partial charge in [-0.2, -0.15) is 0 Å². The molecule has 0 amide bonds. The van der Waals surface area contributed by atoms with Crippen LogP contribution in [0, 0.1) is 5.92 Å². The highest BCUT2D eigenvalue weighted by Gasteiger charge is 2.35. The minimum Gasteiger partial charge on any atom is -0.300 e. The Morgan fingerprint density at radius 3 is 2.36 bits per heavy atom. The zero-order valence-corrected chi connectivity index (χ0v) is 15.0. The molecule has 118 valence electrons. The van der Waals surface area contributed by atoms with Gasteiger partial charge < -0.3 is 0 Å². The summed E-state index contributed by atoms with van der Waals surface area (Å²) >= 11 is 1.98. The average molecular weight is 334 g/mol. The van der Waals surface area contributed by atoms with E-state index in [1.165, 1.54) is 16.0 Å². The first-order valence-corrected chi connectivity index (χ1v) is 8.63. The summed E-state index contributed by atoms with van der Waals surface area (Å²) in [6.45, 7) is 6.98. The zero-order valence-electron chi connectivity index (χ0n) is 13.4. The quantitative estimate of drug-likeness (QED) is 0.799. The maximum Gasteiger partial charge on any atom is 0.0592 e. The van der Waals surface area contributed by atoms with Gasteiger partial charge in [-0.15, -0.1) is 24.2 Å². The average Bonchev–Trinajstić information content (AvgIpc) is 2.67. The van der Waals surface area contributed by atoms with Crippen molar-refractivity contribution >= 4 is 24.2 Å². The Balaban J connectivity index is 0.00000176. The third-order valence-electron chi connectivity index (χ3n) is 4.64. The fraction of sp³-hybridized carbons (Fsp3) is 0.368. The first kappa shape index (κ1) is 17.4. The van der Waals surface area contributed by atoms with Crippen molar-refractivity contribution in [1.29, 1.82) is 0 Å². The standard InChI is InChI=1S/C19H23NS.ClH/c1-14(2)19(3)13-21-17-12-8-7-11-16(17)18(20-19)15-9-5-4-6-10-15;/h4-12,14,18,20H,13H2,1-3H3;1H/t18-,19-;/m1./s1. The lowest BCUT2D eigenvalue weighted by Crippen LogP contribution is -2.50. The number of halogens is 1. The summed E-state index contributed by atoms with van der Waals surface area (Å²) in [7, 11) is 0. The number of nitrogens with one attached hydrogen (secondary N) is 1. The molecule has 0 spiro atoms. The molecule has 2 aromatic rings. The maximum absolute atomic E-state index is 3.94. The first-order valence-electron chi connectivity index (χ1n) is 7.64. The molecule has 0 aromatic heterocycles. The molecule has 0 saturated heterocycles. The van der Waals surface area contributed by atoms with Crippen molar-refractivity contribution < 1.29 is 0 Å².